The van der Waals surface area contributed by atoms with Crippen molar-refractivity contribution in [3.8, 4) is 22.8 Å². The van der Waals surface area contributed by atoms with Gasteiger partial charge in [-0.25, -0.2) is 4.79 Å². The van der Waals surface area contributed by atoms with Gasteiger partial charge in [0.25, 0.3) is 0 Å². The average Bonchev–Trinajstić information content (AvgIpc) is 2.94. The molecular weight excluding hydrogens is 286 g/mol. The van der Waals surface area contributed by atoms with Crippen LogP contribution in [0.1, 0.15) is 16.1 Å². The molecule has 0 atom stereocenters. The molecule has 0 unspecified atom stereocenters. The fourth-order valence-electron chi connectivity index (χ4n) is 2.10. The Balaban J connectivity index is 2.36. The molecule has 2 rings (SSSR count). The van der Waals surface area contributed by atoms with Gasteiger partial charge in [-0.05, 0) is 30.7 Å². The number of H-pyrrole nitrogens is 1. The van der Waals surface area contributed by atoms with Crippen molar-refractivity contribution in [1.29, 1.82) is 0 Å². The fourth-order valence-corrected chi connectivity index (χ4v) is 2.10. The molecule has 0 fully saturated rings. The minimum atomic E-state index is -0.493. The summed E-state index contributed by atoms with van der Waals surface area (Å²) in [6.07, 6.45) is 0. The normalized spacial score (nSPS) is 10.4. The van der Waals surface area contributed by atoms with E-state index in [2.05, 4.69) is 4.98 Å². The Labute approximate surface area is 128 Å². The lowest BCUT2D eigenvalue weighted by Crippen LogP contribution is -2.10. The van der Waals surface area contributed by atoms with Crippen LogP contribution in [-0.2, 0) is 4.74 Å². The third kappa shape index (κ3) is 3.40. The zero-order valence-corrected chi connectivity index (χ0v) is 12.8. The Morgan fingerprint density at radius 1 is 1.14 bits per heavy atom. The lowest BCUT2D eigenvalue weighted by molar-refractivity contribution is 0.0427. The minimum Gasteiger partial charge on any atom is -0.497 e. The molecule has 0 aliphatic rings. The Morgan fingerprint density at radius 3 is 2.32 bits per heavy atom. The molecule has 2 N–H and O–H groups in total. The minimum absolute atomic E-state index is 0.0282. The van der Waals surface area contributed by atoms with Crippen molar-refractivity contribution in [3.05, 3.63) is 35.5 Å². The number of hydrogen-bond donors (Lipinski definition) is 2. The van der Waals surface area contributed by atoms with Gasteiger partial charge in [-0.15, -0.1) is 0 Å². The van der Waals surface area contributed by atoms with Crippen LogP contribution in [0, 0.1) is 6.92 Å². The van der Waals surface area contributed by atoms with Gasteiger partial charge in [0.2, 0.25) is 0 Å². The number of ether oxygens (including phenoxy) is 3. The van der Waals surface area contributed by atoms with E-state index in [9.17, 15) is 4.79 Å². The maximum atomic E-state index is 11.9. The highest BCUT2D eigenvalue weighted by molar-refractivity contribution is 5.90. The summed E-state index contributed by atoms with van der Waals surface area (Å²) < 4.78 is 15.4. The predicted molar refractivity (Wildman–Crippen MR) is 81.4 cm³/mol. The van der Waals surface area contributed by atoms with E-state index in [4.69, 9.17) is 19.3 Å². The summed E-state index contributed by atoms with van der Waals surface area (Å²) in [7, 11) is 3.16. The molecular formula is C16H19NO5. The first kappa shape index (κ1) is 15.9. The van der Waals surface area contributed by atoms with Crippen LogP contribution in [0.15, 0.2) is 24.3 Å². The molecule has 0 saturated carbocycles. The number of carbonyl (C=O) groups excluding carboxylic acids is 1. The van der Waals surface area contributed by atoms with Crippen LogP contribution >= 0.6 is 0 Å². The summed E-state index contributed by atoms with van der Waals surface area (Å²) >= 11 is 0. The quantitative estimate of drug-likeness (QED) is 0.799. The van der Waals surface area contributed by atoms with E-state index in [1.165, 1.54) is 0 Å². The van der Waals surface area contributed by atoms with Crippen LogP contribution in [0.4, 0.5) is 0 Å². The Kier molecular flexibility index (Phi) is 5.06. The van der Waals surface area contributed by atoms with Crippen molar-refractivity contribution in [3.63, 3.8) is 0 Å². The van der Waals surface area contributed by atoms with Gasteiger partial charge in [0.05, 0.1) is 20.8 Å². The summed E-state index contributed by atoms with van der Waals surface area (Å²) in [6, 6.07) is 7.31. The Morgan fingerprint density at radius 2 is 1.77 bits per heavy atom. The molecule has 1 aromatic heterocycles. The van der Waals surface area contributed by atoms with E-state index in [-0.39, 0.29) is 13.2 Å². The van der Waals surface area contributed by atoms with Crippen molar-refractivity contribution in [2.75, 3.05) is 27.4 Å². The number of carbonyl (C=O) groups is 1. The van der Waals surface area contributed by atoms with Crippen molar-refractivity contribution >= 4 is 5.97 Å². The number of nitrogens with one attached hydrogen (secondary N) is 1. The highest BCUT2D eigenvalue weighted by Gasteiger charge is 2.15. The third-order valence-corrected chi connectivity index (χ3v) is 3.21. The highest BCUT2D eigenvalue weighted by Crippen LogP contribution is 2.30. The second-order valence-corrected chi connectivity index (χ2v) is 4.70. The second kappa shape index (κ2) is 7.00. The molecule has 0 aliphatic heterocycles. The van der Waals surface area contributed by atoms with E-state index in [0.717, 1.165) is 16.8 Å². The number of rotatable bonds is 6. The lowest BCUT2D eigenvalue weighted by Gasteiger charge is -2.07. The molecule has 0 aliphatic carbocycles. The first-order chi connectivity index (χ1) is 10.6. The van der Waals surface area contributed by atoms with Gasteiger partial charge >= 0.3 is 5.97 Å². The molecule has 118 valence electrons. The zero-order valence-electron chi connectivity index (χ0n) is 12.8. The van der Waals surface area contributed by atoms with E-state index >= 15 is 0 Å². The number of aryl methyl sites for hydroxylation is 1. The lowest BCUT2D eigenvalue weighted by atomic mass is 10.1. The van der Waals surface area contributed by atoms with Crippen molar-refractivity contribution in [2.24, 2.45) is 0 Å². The summed E-state index contributed by atoms with van der Waals surface area (Å²) in [4.78, 5) is 14.9. The highest BCUT2D eigenvalue weighted by atomic mass is 16.5. The predicted octanol–water partition coefficient (Wildman–Crippen LogP) is 2.16. The molecule has 0 bridgehead atoms. The molecule has 1 aromatic carbocycles. The summed E-state index contributed by atoms with van der Waals surface area (Å²) in [5.41, 5.74) is 2.72. The van der Waals surface area contributed by atoms with Crippen molar-refractivity contribution in [2.45, 2.75) is 6.92 Å². The van der Waals surface area contributed by atoms with Crippen LogP contribution in [0.5, 0.6) is 11.5 Å². The molecule has 2 aromatic rings. The molecule has 0 amide bonds. The van der Waals surface area contributed by atoms with Crippen molar-refractivity contribution < 1.29 is 24.1 Å². The van der Waals surface area contributed by atoms with E-state index in [1.54, 1.807) is 20.3 Å². The summed E-state index contributed by atoms with van der Waals surface area (Å²) in [5.74, 6) is 0.824. The first-order valence-electron chi connectivity index (χ1n) is 6.80. The maximum Gasteiger partial charge on any atom is 0.355 e. The van der Waals surface area contributed by atoms with Crippen molar-refractivity contribution in [1.82, 2.24) is 4.98 Å². The zero-order chi connectivity index (χ0) is 16.1. The smallest absolute Gasteiger partial charge is 0.355 e. The number of methoxy groups -OCH3 is 2. The van der Waals surface area contributed by atoms with Gasteiger partial charge in [0, 0.05) is 17.3 Å². The molecule has 0 saturated heterocycles. The second-order valence-electron chi connectivity index (χ2n) is 4.70. The van der Waals surface area contributed by atoms with Gasteiger partial charge in [0.1, 0.15) is 23.8 Å². The maximum absolute atomic E-state index is 11.9. The number of esters is 1. The van der Waals surface area contributed by atoms with Gasteiger partial charge in [0.15, 0.2) is 0 Å². The van der Waals surface area contributed by atoms with Crippen LogP contribution in [-0.4, -0.2) is 43.5 Å². The Hall–Kier alpha value is -2.47. The fraction of sp³-hybridized carbons (Fsp3) is 0.312. The third-order valence-electron chi connectivity index (χ3n) is 3.21. The van der Waals surface area contributed by atoms with E-state index in [0.29, 0.717) is 17.2 Å². The molecule has 0 radical (unpaired) electrons. The van der Waals surface area contributed by atoms with Crippen LogP contribution in [0.3, 0.4) is 0 Å². The molecule has 22 heavy (non-hydrogen) atoms. The standard InChI is InChI=1S/C16H19NO5/c1-10-6-14(17-15(10)16(19)22-5-4-18)11-7-12(20-2)9-13(8-11)21-3/h6-9,17-18H,4-5H2,1-3H3. The number of aliphatic hydroxyl groups is 1. The number of aliphatic hydroxyl groups excluding tert-OH is 1. The number of aromatic amines is 1. The average molecular weight is 305 g/mol. The molecule has 1 heterocycles. The monoisotopic (exact) mass is 305 g/mol. The van der Waals surface area contributed by atoms with Gasteiger partial charge in [-0.1, -0.05) is 0 Å². The van der Waals surface area contributed by atoms with Gasteiger partial charge < -0.3 is 24.3 Å². The van der Waals surface area contributed by atoms with E-state index in [1.807, 2.05) is 25.1 Å². The largest absolute Gasteiger partial charge is 0.497 e. The van der Waals surface area contributed by atoms with Gasteiger partial charge in [-0.3, -0.25) is 0 Å². The summed E-state index contributed by atoms with van der Waals surface area (Å²) in [5, 5.41) is 8.71. The van der Waals surface area contributed by atoms with Crippen LogP contribution in [0.25, 0.3) is 11.3 Å². The molecule has 6 nitrogen and oxygen atoms in total. The number of hydrogen-bond acceptors (Lipinski definition) is 5. The van der Waals surface area contributed by atoms with Gasteiger partial charge in [-0.2, -0.15) is 0 Å². The van der Waals surface area contributed by atoms with Crippen LogP contribution < -0.4 is 9.47 Å². The Bertz CT molecular complexity index is 640. The first-order valence-corrected chi connectivity index (χ1v) is 6.80. The SMILES string of the molecule is COc1cc(OC)cc(-c2cc(C)c(C(=O)OCCO)[nH]2)c1. The van der Waals surface area contributed by atoms with Crippen LogP contribution in [0.2, 0.25) is 0 Å². The summed E-state index contributed by atoms with van der Waals surface area (Å²) in [6.45, 7) is 1.58. The number of aromatic nitrogens is 1. The molecule has 0 spiro atoms. The number of benzene rings is 1. The van der Waals surface area contributed by atoms with E-state index < -0.39 is 5.97 Å². The topological polar surface area (TPSA) is 80.8 Å². The molecule has 6 heteroatoms.